The Kier molecular flexibility index (Phi) is 2.31. The minimum absolute atomic E-state index is 0.00197. The first-order valence-corrected chi connectivity index (χ1v) is 4.93. The maximum atomic E-state index is 11.2. The van der Waals surface area contributed by atoms with Crippen LogP contribution in [0.4, 0.5) is 0 Å². The molecule has 0 bridgehead atoms. The van der Waals surface area contributed by atoms with E-state index >= 15 is 0 Å². The van der Waals surface area contributed by atoms with Gasteiger partial charge in [0.2, 0.25) is 0 Å². The van der Waals surface area contributed by atoms with Gasteiger partial charge in [0.1, 0.15) is 11.7 Å². The molecule has 1 heterocycles. The number of carbonyl (C=O) groups excluding carboxylic acids is 2. The summed E-state index contributed by atoms with van der Waals surface area (Å²) < 4.78 is 10.0. The minimum atomic E-state index is -0.221. The topological polar surface area (TPSA) is 55.9 Å². The maximum Gasteiger partial charge on any atom is 0.308 e. The van der Waals surface area contributed by atoms with Gasteiger partial charge in [-0.2, -0.15) is 0 Å². The molecule has 1 saturated carbocycles. The Balaban J connectivity index is 1.87. The van der Waals surface area contributed by atoms with E-state index in [0.717, 1.165) is 32.0 Å². The Morgan fingerprint density at radius 1 is 1.50 bits per heavy atom. The molecule has 2 fully saturated rings. The van der Waals surface area contributed by atoms with E-state index in [2.05, 4.69) is 4.74 Å². The van der Waals surface area contributed by atoms with Gasteiger partial charge in [-0.1, -0.05) is 0 Å². The number of rotatable bonds is 2. The largest absolute Gasteiger partial charge is 0.469 e. The molecule has 0 N–H and O–H groups in total. The highest BCUT2D eigenvalue weighted by Crippen LogP contribution is 2.48. The van der Waals surface area contributed by atoms with E-state index in [9.17, 15) is 9.59 Å². The second kappa shape index (κ2) is 3.35. The second-order valence-corrected chi connectivity index (χ2v) is 4.04. The number of esters is 1. The summed E-state index contributed by atoms with van der Waals surface area (Å²) in [5.41, 5.74) is -0.216. The molecule has 0 aromatic rings. The summed E-state index contributed by atoms with van der Waals surface area (Å²) in [6, 6.07) is 0. The molecule has 1 atom stereocenters. The average Bonchev–Trinajstić information content (AvgIpc) is 2.91. The van der Waals surface area contributed by atoms with Gasteiger partial charge in [-0.05, 0) is 25.7 Å². The van der Waals surface area contributed by atoms with Crippen molar-refractivity contribution in [3.63, 3.8) is 0 Å². The van der Waals surface area contributed by atoms with E-state index < -0.39 is 0 Å². The van der Waals surface area contributed by atoms with Gasteiger partial charge in [0.15, 0.2) is 6.29 Å². The molecule has 0 aromatic carbocycles. The number of hydrogen-bond donors (Lipinski definition) is 0. The molecule has 1 spiro atoms. The quantitative estimate of drug-likeness (QED) is 0.372. The number of ether oxygens (including phenoxy) is 2. The Morgan fingerprint density at radius 2 is 2.14 bits per heavy atom. The van der Waals surface area contributed by atoms with E-state index in [4.69, 9.17) is 4.74 Å². The zero-order valence-corrected chi connectivity index (χ0v) is 8.19. The third-order valence-corrected chi connectivity index (χ3v) is 3.31. The van der Waals surface area contributed by atoms with Crippen LogP contribution < -0.4 is 0 Å². The van der Waals surface area contributed by atoms with Gasteiger partial charge in [-0.15, -0.1) is 0 Å². The predicted molar refractivity (Wildman–Crippen MR) is 47.6 cm³/mol. The zero-order valence-electron chi connectivity index (χ0n) is 8.19. The van der Waals surface area contributed by atoms with E-state index in [1.54, 1.807) is 0 Å². The Bertz CT molecular complexity index is 253. The van der Waals surface area contributed by atoms with Crippen LogP contribution in [0.5, 0.6) is 0 Å². The molecule has 0 amide bonds. The molecule has 2 aliphatic rings. The summed E-state index contributed by atoms with van der Waals surface area (Å²) in [6.07, 6.45) is 3.79. The monoisotopic (exact) mass is 198 g/mol. The van der Waals surface area contributed by atoms with E-state index in [1.807, 2.05) is 0 Å². The predicted octanol–water partition coefficient (Wildman–Crippen LogP) is 0.686. The molecule has 14 heavy (non-hydrogen) atoms. The Labute approximate surface area is 82.6 Å². The molecule has 4 heteroatoms. The summed E-state index contributed by atoms with van der Waals surface area (Å²) in [6.45, 7) is 0. The first-order chi connectivity index (χ1) is 6.72. The third-order valence-electron chi connectivity index (χ3n) is 3.31. The standard InChI is InChI=1S/C10H14O4/c1-13-9(12)7-2-4-10(5-3-7)8(6-11)14-10/h6-8H,2-5H2,1H3/t7?,8-,10?/m1/s1. The van der Waals surface area contributed by atoms with Crippen molar-refractivity contribution in [3.05, 3.63) is 0 Å². The van der Waals surface area contributed by atoms with Crippen LogP contribution in [0.3, 0.4) is 0 Å². The molecular weight excluding hydrogens is 184 g/mol. The fourth-order valence-corrected chi connectivity index (χ4v) is 2.28. The van der Waals surface area contributed by atoms with E-state index in [0.29, 0.717) is 0 Å². The highest BCUT2D eigenvalue weighted by Gasteiger charge is 2.57. The van der Waals surface area contributed by atoms with Crippen LogP contribution in [-0.4, -0.2) is 31.1 Å². The summed E-state index contributed by atoms with van der Waals surface area (Å²) >= 11 is 0. The molecule has 0 aromatic heterocycles. The van der Waals surface area contributed by atoms with Crippen LogP contribution in [0.1, 0.15) is 25.7 Å². The van der Waals surface area contributed by atoms with Gasteiger partial charge in [-0.3, -0.25) is 4.79 Å². The van der Waals surface area contributed by atoms with Crippen LogP contribution in [0.2, 0.25) is 0 Å². The molecule has 78 valence electrons. The molecule has 1 aliphatic heterocycles. The van der Waals surface area contributed by atoms with Gasteiger partial charge in [0.05, 0.1) is 13.0 Å². The lowest BCUT2D eigenvalue weighted by atomic mass is 9.80. The van der Waals surface area contributed by atoms with Crippen LogP contribution >= 0.6 is 0 Å². The summed E-state index contributed by atoms with van der Waals surface area (Å²) in [5, 5.41) is 0. The fourth-order valence-electron chi connectivity index (χ4n) is 2.28. The smallest absolute Gasteiger partial charge is 0.308 e. The van der Waals surface area contributed by atoms with Crippen molar-refractivity contribution in [1.29, 1.82) is 0 Å². The molecule has 2 rings (SSSR count). The number of hydrogen-bond acceptors (Lipinski definition) is 4. The van der Waals surface area contributed by atoms with Crippen molar-refractivity contribution < 1.29 is 19.1 Å². The summed E-state index contributed by atoms with van der Waals surface area (Å²) in [4.78, 5) is 21.7. The van der Waals surface area contributed by atoms with Crippen molar-refractivity contribution in [1.82, 2.24) is 0 Å². The Hall–Kier alpha value is -0.900. The van der Waals surface area contributed by atoms with Crippen molar-refractivity contribution in [2.75, 3.05) is 7.11 Å². The van der Waals surface area contributed by atoms with Crippen molar-refractivity contribution >= 4 is 12.3 Å². The zero-order chi connectivity index (χ0) is 10.2. The second-order valence-electron chi connectivity index (χ2n) is 4.04. The average molecular weight is 198 g/mol. The number of aldehydes is 1. The highest BCUT2D eigenvalue weighted by molar-refractivity contribution is 5.72. The van der Waals surface area contributed by atoms with Gasteiger partial charge < -0.3 is 14.3 Å². The summed E-state index contributed by atoms with van der Waals surface area (Å²) in [7, 11) is 1.41. The van der Waals surface area contributed by atoms with Gasteiger partial charge in [0.25, 0.3) is 0 Å². The minimum Gasteiger partial charge on any atom is -0.469 e. The lowest BCUT2D eigenvalue weighted by Crippen LogP contribution is -2.29. The van der Waals surface area contributed by atoms with Crippen molar-refractivity contribution in [2.45, 2.75) is 37.4 Å². The third kappa shape index (κ3) is 1.43. The van der Waals surface area contributed by atoms with Crippen LogP contribution in [0.25, 0.3) is 0 Å². The molecule has 0 unspecified atom stereocenters. The van der Waals surface area contributed by atoms with E-state index in [-0.39, 0.29) is 23.6 Å². The first-order valence-electron chi connectivity index (χ1n) is 4.93. The van der Waals surface area contributed by atoms with Crippen molar-refractivity contribution in [3.8, 4) is 0 Å². The first kappa shape index (κ1) is 9.65. The van der Waals surface area contributed by atoms with Gasteiger partial charge >= 0.3 is 5.97 Å². The van der Waals surface area contributed by atoms with Crippen LogP contribution in [-0.2, 0) is 19.1 Å². The van der Waals surface area contributed by atoms with Gasteiger partial charge in [-0.25, -0.2) is 0 Å². The molecular formula is C10H14O4. The molecule has 4 nitrogen and oxygen atoms in total. The summed E-state index contributed by atoms with van der Waals surface area (Å²) in [5.74, 6) is -0.134. The Morgan fingerprint density at radius 3 is 2.57 bits per heavy atom. The number of epoxide rings is 1. The SMILES string of the molecule is COC(=O)C1CCC2(CC1)O[C@@H]2C=O. The van der Waals surface area contributed by atoms with Crippen molar-refractivity contribution in [2.24, 2.45) is 5.92 Å². The van der Waals surface area contributed by atoms with Crippen LogP contribution in [0.15, 0.2) is 0 Å². The molecule has 1 saturated heterocycles. The molecule has 0 radical (unpaired) electrons. The normalized spacial score (nSPS) is 40.6. The van der Waals surface area contributed by atoms with E-state index in [1.165, 1.54) is 7.11 Å². The lowest BCUT2D eigenvalue weighted by molar-refractivity contribution is -0.146. The number of methoxy groups -OCH3 is 1. The maximum absolute atomic E-state index is 11.2. The van der Waals surface area contributed by atoms with Crippen LogP contribution in [0, 0.1) is 5.92 Å². The highest BCUT2D eigenvalue weighted by atomic mass is 16.6. The fraction of sp³-hybridized carbons (Fsp3) is 0.800. The lowest BCUT2D eigenvalue weighted by Gasteiger charge is -2.24. The van der Waals surface area contributed by atoms with Gasteiger partial charge in [0, 0.05) is 0 Å². The number of carbonyl (C=O) groups is 2. The molecule has 1 aliphatic carbocycles.